The highest BCUT2D eigenvalue weighted by Gasteiger charge is 2.09. The molecule has 0 heterocycles. The number of hydrogen-bond acceptors (Lipinski definition) is 4. The predicted molar refractivity (Wildman–Crippen MR) is 78.6 cm³/mol. The highest BCUT2D eigenvalue weighted by molar-refractivity contribution is 5.91. The van der Waals surface area contributed by atoms with Gasteiger partial charge in [0.15, 0.2) is 24.0 Å². The van der Waals surface area contributed by atoms with E-state index in [0.717, 1.165) is 6.42 Å². The maximum Gasteiger partial charge on any atom is 0.194 e. The Kier molecular flexibility index (Phi) is 5.77. The average molecular weight is 278 g/mol. The van der Waals surface area contributed by atoms with Gasteiger partial charge in [-0.25, -0.2) is 4.39 Å². The molecule has 0 atom stereocenters. The minimum atomic E-state index is -0.559. The Bertz CT molecular complexity index is 547. The van der Waals surface area contributed by atoms with E-state index >= 15 is 0 Å². The van der Waals surface area contributed by atoms with Crippen LogP contribution in [0.4, 0.5) is 10.1 Å². The fourth-order valence-electron chi connectivity index (χ4n) is 1.53. The van der Waals surface area contributed by atoms with Crippen LogP contribution in [0, 0.1) is 5.82 Å². The molecule has 20 heavy (non-hydrogen) atoms. The van der Waals surface area contributed by atoms with Crippen molar-refractivity contribution in [3.05, 3.63) is 41.4 Å². The van der Waals surface area contributed by atoms with Gasteiger partial charge in [-0.2, -0.15) is 0 Å². The molecule has 0 amide bonds. The van der Waals surface area contributed by atoms with Crippen LogP contribution in [0.1, 0.15) is 25.8 Å². The Morgan fingerprint density at radius 1 is 1.45 bits per heavy atom. The van der Waals surface area contributed by atoms with Crippen LogP contribution in [0.15, 0.2) is 30.0 Å². The van der Waals surface area contributed by atoms with Gasteiger partial charge in [-0.1, -0.05) is 19.1 Å². The van der Waals surface area contributed by atoms with Crippen LogP contribution < -0.4 is 16.2 Å². The highest BCUT2D eigenvalue weighted by Crippen LogP contribution is 2.25. The van der Waals surface area contributed by atoms with Crippen molar-refractivity contribution >= 4 is 17.5 Å². The molecule has 0 radical (unpaired) electrons. The van der Waals surface area contributed by atoms with Gasteiger partial charge in [0.1, 0.15) is 0 Å². The van der Waals surface area contributed by atoms with Crippen LogP contribution in [-0.2, 0) is 4.79 Å². The van der Waals surface area contributed by atoms with Crippen molar-refractivity contribution < 1.29 is 13.9 Å². The predicted octanol–water partition coefficient (Wildman–Crippen LogP) is 2.64. The fraction of sp³-hybridized carbons (Fsp3) is 0.267. The third kappa shape index (κ3) is 4.76. The molecule has 1 rings (SSSR count). The molecule has 0 aliphatic heterocycles. The van der Waals surface area contributed by atoms with Crippen LogP contribution in [0.25, 0.3) is 6.08 Å². The molecule has 0 unspecified atom stereocenters. The van der Waals surface area contributed by atoms with Crippen molar-refractivity contribution in [1.29, 1.82) is 0 Å². The Balaban J connectivity index is 2.82. The third-order valence-corrected chi connectivity index (χ3v) is 2.43. The number of benzene rings is 1. The van der Waals surface area contributed by atoms with Gasteiger partial charge in [0.05, 0.1) is 0 Å². The molecule has 0 aliphatic rings. The number of rotatable bonds is 6. The van der Waals surface area contributed by atoms with E-state index in [1.54, 1.807) is 13.0 Å². The summed E-state index contributed by atoms with van der Waals surface area (Å²) < 4.78 is 18.9. The largest absolute Gasteiger partial charge is 0.482 e. The highest BCUT2D eigenvalue weighted by atomic mass is 19.1. The summed E-state index contributed by atoms with van der Waals surface area (Å²) in [5.74, 6) is -0.943. The minimum Gasteiger partial charge on any atom is -0.482 e. The number of halogens is 1. The monoisotopic (exact) mass is 278 g/mol. The Labute approximate surface area is 117 Å². The molecule has 1 aromatic rings. The van der Waals surface area contributed by atoms with Crippen molar-refractivity contribution in [3.8, 4) is 5.75 Å². The maximum absolute atomic E-state index is 13.8. The first-order valence-corrected chi connectivity index (χ1v) is 6.29. The average Bonchev–Trinajstić information content (AvgIpc) is 2.36. The number of ketones is 1. The normalized spacial score (nSPS) is 11.8. The molecule has 0 bridgehead atoms. The Morgan fingerprint density at radius 2 is 2.15 bits per heavy atom. The molecule has 0 spiro atoms. The summed E-state index contributed by atoms with van der Waals surface area (Å²) in [5, 5.41) is 0. The summed E-state index contributed by atoms with van der Waals surface area (Å²) in [7, 11) is 0. The molecule has 108 valence electrons. The van der Waals surface area contributed by atoms with E-state index in [9.17, 15) is 9.18 Å². The van der Waals surface area contributed by atoms with Crippen LogP contribution in [0.3, 0.4) is 0 Å². The van der Waals surface area contributed by atoms with Crippen molar-refractivity contribution in [2.45, 2.75) is 20.3 Å². The lowest BCUT2D eigenvalue weighted by atomic mass is 10.1. The van der Waals surface area contributed by atoms with Gasteiger partial charge < -0.3 is 16.2 Å². The molecule has 0 fully saturated rings. The quantitative estimate of drug-likeness (QED) is 0.619. The number of anilines is 1. The molecule has 4 N–H and O–H groups in total. The molecular formula is C15H19FN2O2. The topological polar surface area (TPSA) is 78.3 Å². The zero-order chi connectivity index (χ0) is 15.1. The van der Waals surface area contributed by atoms with E-state index in [-0.39, 0.29) is 18.1 Å². The molecular weight excluding hydrogens is 259 g/mol. The molecule has 4 nitrogen and oxygen atoms in total. The van der Waals surface area contributed by atoms with Crippen LogP contribution in [0.2, 0.25) is 0 Å². The number of allylic oxidation sites excluding steroid dienone is 2. The number of hydrogen-bond donors (Lipinski definition) is 2. The second kappa shape index (κ2) is 7.33. The number of carbonyl (C=O) groups excluding carboxylic acids is 1. The molecule has 1 aromatic carbocycles. The van der Waals surface area contributed by atoms with Gasteiger partial charge in [-0.15, -0.1) is 0 Å². The zero-order valence-electron chi connectivity index (χ0n) is 11.7. The van der Waals surface area contributed by atoms with E-state index in [0.29, 0.717) is 16.9 Å². The van der Waals surface area contributed by atoms with Crippen LogP contribution in [0.5, 0.6) is 5.75 Å². The number of nitrogen functional groups attached to an aromatic ring is 1. The smallest absolute Gasteiger partial charge is 0.194 e. The van der Waals surface area contributed by atoms with Crippen molar-refractivity contribution in [2.24, 2.45) is 5.73 Å². The summed E-state index contributed by atoms with van der Waals surface area (Å²) in [4.78, 5) is 11.4. The number of carbonyl (C=O) groups is 1. The molecule has 0 aromatic heterocycles. The lowest BCUT2D eigenvalue weighted by Gasteiger charge is -2.08. The van der Waals surface area contributed by atoms with Gasteiger partial charge in [0.2, 0.25) is 0 Å². The van der Waals surface area contributed by atoms with Crippen LogP contribution in [-0.4, -0.2) is 12.4 Å². The lowest BCUT2D eigenvalue weighted by molar-refractivity contribution is -0.116. The fourth-order valence-corrected chi connectivity index (χ4v) is 1.53. The van der Waals surface area contributed by atoms with Crippen LogP contribution >= 0.6 is 0 Å². The lowest BCUT2D eigenvalue weighted by Crippen LogP contribution is -2.11. The Morgan fingerprint density at radius 3 is 2.75 bits per heavy atom. The van der Waals surface area contributed by atoms with Crippen molar-refractivity contribution in [1.82, 2.24) is 0 Å². The SMILES string of the molecule is CC/C=C/c1cc(F)c(OCC(=O)/C=C(/C)N)cc1N. The minimum absolute atomic E-state index is 0.0485. The summed E-state index contributed by atoms with van der Waals surface area (Å²) in [6.45, 7) is 3.28. The molecule has 0 saturated heterocycles. The van der Waals surface area contributed by atoms with Gasteiger partial charge in [-0.3, -0.25) is 4.79 Å². The first-order valence-electron chi connectivity index (χ1n) is 6.29. The van der Waals surface area contributed by atoms with Crippen molar-refractivity contribution in [3.63, 3.8) is 0 Å². The first-order chi connectivity index (χ1) is 9.43. The van der Waals surface area contributed by atoms with E-state index in [1.807, 2.05) is 13.0 Å². The van der Waals surface area contributed by atoms with Gasteiger partial charge in [0.25, 0.3) is 0 Å². The summed E-state index contributed by atoms with van der Waals surface area (Å²) in [6, 6.07) is 2.66. The number of ether oxygens (including phenoxy) is 1. The van der Waals surface area contributed by atoms with Gasteiger partial charge in [0, 0.05) is 29.1 Å². The summed E-state index contributed by atoms with van der Waals surface area (Å²) >= 11 is 0. The number of nitrogens with two attached hydrogens (primary N) is 2. The zero-order valence-corrected chi connectivity index (χ0v) is 11.7. The van der Waals surface area contributed by atoms with E-state index in [2.05, 4.69) is 0 Å². The van der Waals surface area contributed by atoms with Gasteiger partial charge >= 0.3 is 0 Å². The van der Waals surface area contributed by atoms with E-state index in [1.165, 1.54) is 18.2 Å². The second-order valence-electron chi connectivity index (χ2n) is 4.37. The Hall–Kier alpha value is -2.30. The maximum atomic E-state index is 13.8. The third-order valence-electron chi connectivity index (χ3n) is 2.43. The summed E-state index contributed by atoms with van der Waals surface area (Å²) in [5.41, 5.74) is 12.5. The molecule has 5 heteroatoms. The van der Waals surface area contributed by atoms with E-state index in [4.69, 9.17) is 16.2 Å². The van der Waals surface area contributed by atoms with Gasteiger partial charge in [-0.05, 0) is 19.4 Å². The first kappa shape index (κ1) is 15.8. The van der Waals surface area contributed by atoms with E-state index < -0.39 is 5.82 Å². The summed E-state index contributed by atoms with van der Waals surface area (Å²) in [6.07, 6.45) is 5.69. The molecule has 0 aliphatic carbocycles. The standard InChI is InChI=1S/C15H19FN2O2/c1-3-4-5-11-7-13(16)15(8-14(11)18)20-9-12(19)6-10(2)17/h4-8H,3,9,17-18H2,1-2H3/b5-4+,10-6-. The van der Waals surface area contributed by atoms with Crippen molar-refractivity contribution in [2.75, 3.05) is 12.3 Å². The second-order valence-corrected chi connectivity index (χ2v) is 4.37. The molecule has 0 saturated carbocycles.